The molecule has 112 valence electrons. The lowest BCUT2D eigenvalue weighted by Gasteiger charge is -1.99. The zero-order valence-electron chi connectivity index (χ0n) is 12.7. The Morgan fingerprint density at radius 1 is 0.783 bits per heavy atom. The van der Waals surface area contributed by atoms with Gasteiger partial charge in [0.2, 0.25) is 5.89 Å². The van der Waals surface area contributed by atoms with Crippen molar-refractivity contribution in [1.82, 2.24) is 4.98 Å². The van der Waals surface area contributed by atoms with Gasteiger partial charge in [0.1, 0.15) is 11.3 Å². The van der Waals surface area contributed by atoms with Crippen molar-refractivity contribution in [3.8, 4) is 28.3 Å². The van der Waals surface area contributed by atoms with Crippen LogP contribution in [0.2, 0.25) is 0 Å². The van der Waals surface area contributed by atoms with Crippen molar-refractivity contribution in [1.29, 1.82) is 0 Å². The summed E-state index contributed by atoms with van der Waals surface area (Å²) in [5.74, 6) is 1.43. The van der Waals surface area contributed by atoms with Gasteiger partial charge in [0.25, 0.3) is 0 Å². The fourth-order valence-electron chi connectivity index (χ4n) is 2.59. The second kappa shape index (κ2) is 5.61. The Labute approximate surface area is 134 Å². The van der Waals surface area contributed by atoms with E-state index in [-0.39, 0.29) is 0 Å². The Balaban J connectivity index is 1.75. The number of fused-ring (bicyclic) bond motifs is 1. The molecule has 0 unspecified atom stereocenters. The minimum Gasteiger partial charge on any atom is -0.497 e. The summed E-state index contributed by atoms with van der Waals surface area (Å²) in [4.78, 5) is 4.62. The van der Waals surface area contributed by atoms with E-state index in [1.54, 1.807) is 7.11 Å². The van der Waals surface area contributed by atoms with Crippen LogP contribution in [0, 0.1) is 0 Å². The van der Waals surface area contributed by atoms with Crippen molar-refractivity contribution in [2.45, 2.75) is 0 Å². The van der Waals surface area contributed by atoms with Gasteiger partial charge in [0, 0.05) is 5.56 Å². The van der Waals surface area contributed by atoms with Crippen molar-refractivity contribution in [2.24, 2.45) is 0 Å². The molecule has 0 spiro atoms. The molecule has 0 fully saturated rings. The van der Waals surface area contributed by atoms with E-state index >= 15 is 0 Å². The molecule has 0 N–H and O–H groups in total. The molecule has 23 heavy (non-hydrogen) atoms. The van der Waals surface area contributed by atoms with E-state index < -0.39 is 0 Å². The van der Waals surface area contributed by atoms with Gasteiger partial charge >= 0.3 is 0 Å². The zero-order valence-corrected chi connectivity index (χ0v) is 12.7. The molecule has 3 heteroatoms. The number of oxazole rings is 1. The van der Waals surface area contributed by atoms with Crippen LogP contribution in [0.25, 0.3) is 33.7 Å². The van der Waals surface area contributed by atoms with Gasteiger partial charge in [0.05, 0.1) is 7.11 Å². The highest BCUT2D eigenvalue weighted by Gasteiger charge is 2.09. The average Bonchev–Trinajstić information content (AvgIpc) is 3.06. The van der Waals surface area contributed by atoms with E-state index in [4.69, 9.17) is 9.15 Å². The summed E-state index contributed by atoms with van der Waals surface area (Å²) in [6, 6.07) is 24.0. The van der Waals surface area contributed by atoms with Crippen LogP contribution in [0.15, 0.2) is 77.2 Å². The van der Waals surface area contributed by atoms with Gasteiger partial charge in [-0.1, -0.05) is 36.4 Å². The Morgan fingerprint density at radius 2 is 1.52 bits per heavy atom. The number of ether oxygens (including phenoxy) is 1. The first-order chi connectivity index (χ1) is 11.3. The predicted octanol–water partition coefficient (Wildman–Crippen LogP) is 5.17. The van der Waals surface area contributed by atoms with Gasteiger partial charge in [-0.25, -0.2) is 4.98 Å². The summed E-state index contributed by atoms with van der Waals surface area (Å²) in [6.07, 6.45) is 0. The predicted molar refractivity (Wildman–Crippen MR) is 91.4 cm³/mol. The molecule has 0 saturated carbocycles. The lowest BCUT2D eigenvalue weighted by molar-refractivity contribution is 0.415. The Bertz CT molecular complexity index is 940. The molecule has 4 rings (SSSR count). The van der Waals surface area contributed by atoms with Crippen molar-refractivity contribution in [3.05, 3.63) is 72.8 Å². The lowest BCUT2D eigenvalue weighted by atomic mass is 10.1. The summed E-state index contributed by atoms with van der Waals surface area (Å²) >= 11 is 0. The summed E-state index contributed by atoms with van der Waals surface area (Å²) in [7, 11) is 1.65. The number of methoxy groups -OCH3 is 1. The smallest absolute Gasteiger partial charge is 0.227 e. The van der Waals surface area contributed by atoms with Crippen LogP contribution in [0.4, 0.5) is 0 Å². The van der Waals surface area contributed by atoms with Crippen LogP contribution in [-0.4, -0.2) is 12.1 Å². The first-order valence-corrected chi connectivity index (χ1v) is 7.44. The maximum absolute atomic E-state index is 5.87. The molecule has 1 heterocycles. The third-order valence-corrected chi connectivity index (χ3v) is 3.83. The van der Waals surface area contributed by atoms with Gasteiger partial charge in [-0.05, 0) is 47.5 Å². The van der Waals surface area contributed by atoms with Crippen molar-refractivity contribution in [2.75, 3.05) is 7.11 Å². The summed E-state index contributed by atoms with van der Waals surface area (Å²) in [5, 5.41) is 0. The Hall–Kier alpha value is -3.07. The number of nitrogens with zero attached hydrogens (tertiary/aromatic N) is 1. The minimum absolute atomic E-state index is 0.618. The maximum Gasteiger partial charge on any atom is 0.227 e. The normalized spacial score (nSPS) is 10.8. The van der Waals surface area contributed by atoms with Gasteiger partial charge in [-0.15, -0.1) is 0 Å². The molecule has 0 aliphatic rings. The molecule has 0 atom stereocenters. The highest BCUT2D eigenvalue weighted by Crippen LogP contribution is 2.29. The number of benzene rings is 3. The van der Waals surface area contributed by atoms with Crippen LogP contribution in [0.5, 0.6) is 5.75 Å². The first-order valence-electron chi connectivity index (χ1n) is 7.44. The first kappa shape index (κ1) is 13.6. The number of hydrogen-bond acceptors (Lipinski definition) is 3. The van der Waals surface area contributed by atoms with E-state index in [0.717, 1.165) is 28.0 Å². The fourth-order valence-corrected chi connectivity index (χ4v) is 2.59. The number of hydrogen-bond donors (Lipinski definition) is 0. The Morgan fingerprint density at radius 3 is 2.26 bits per heavy atom. The van der Waals surface area contributed by atoms with Gasteiger partial charge < -0.3 is 9.15 Å². The largest absolute Gasteiger partial charge is 0.497 e. The zero-order chi connectivity index (χ0) is 15.6. The molecule has 0 aliphatic carbocycles. The molecule has 0 aliphatic heterocycles. The molecular formula is C20H15NO2. The number of rotatable bonds is 3. The quantitative estimate of drug-likeness (QED) is 0.523. The monoisotopic (exact) mass is 301 g/mol. The van der Waals surface area contributed by atoms with E-state index in [2.05, 4.69) is 29.2 Å². The van der Waals surface area contributed by atoms with Crippen LogP contribution in [-0.2, 0) is 0 Å². The molecule has 1 aromatic heterocycles. The van der Waals surface area contributed by atoms with Gasteiger partial charge in [-0.3, -0.25) is 0 Å². The molecular weight excluding hydrogens is 286 g/mol. The lowest BCUT2D eigenvalue weighted by Crippen LogP contribution is -1.82. The second-order valence-corrected chi connectivity index (χ2v) is 5.30. The maximum atomic E-state index is 5.87. The highest BCUT2D eigenvalue weighted by molar-refractivity contribution is 5.82. The summed E-state index contributed by atoms with van der Waals surface area (Å²) < 4.78 is 11.0. The summed E-state index contributed by atoms with van der Waals surface area (Å²) in [6.45, 7) is 0. The Kier molecular flexibility index (Phi) is 3.31. The van der Waals surface area contributed by atoms with Crippen molar-refractivity contribution >= 4 is 11.1 Å². The van der Waals surface area contributed by atoms with Crippen LogP contribution in [0.1, 0.15) is 0 Å². The standard InChI is InChI=1S/C20H15NO2/c1-22-17-10-7-15(8-11-17)20-21-18-13-16(9-12-19(18)23-20)14-5-3-2-4-6-14/h2-13H,1H3. The molecule has 0 saturated heterocycles. The van der Waals surface area contributed by atoms with Crippen LogP contribution in [0.3, 0.4) is 0 Å². The molecule has 3 nitrogen and oxygen atoms in total. The van der Waals surface area contributed by atoms with Crippen molar-refractivity contribution in [3.63, 3.8) is 0 Å². The third-order valence-electron chi connectivity index (χ3n) is 3.83. The van der Waals surface area contributed by atoms with Crippen molar-refractivity contribution < 1.29 is 9.15 Å². The molecule has 0 radical (unpaired) electrons. The molecule has 0 bridgehead atoms. The highest BCUT2D eigenvalue weighted by atomic mass is 16.5. The fraction of sp³-hybridized carbons (Fsp3) is 0.0500. The van der Waals surface area contributed by atoms with E-state index in [1.807, 2.05) is 48.5 Å². The average molecular weight is 301 g/mol. The SMILES string of the molecule is COc1ccc(-c2nc3cc(-c4ccccc4)ccc3o2)cc1. The number of aromatic nitrogens is 1. The van der Waals surface area contributed by atoms with E-state index in [0.29, 0.717) is 5.89 Å². The van der Waals surface area contributed by atoms with Crippen LogP contribution >= 0.6 is 0 Å². The second-order valence-electron chi connectivity index (χ2n) is 5.30. The van der Waals surface area contributed by atoms with Crippen LogP contribution < -0.4 is 4.74 Å². The molecule has 4 aromatic rings. The van der Waals surface area contributed by atoms with E-state index in [9.17, 15) is 0 Å². The molecule has 3 aromatic carbocycles. The van der Waals surface area contributed by atoms with Gasteiger partial charge in [-0.2, -0.15) is 0 Å². The minimum atomic E-state index is 0.618. The molecule has 0 amide bonds. The van der Waals surface area contributed by atoms with E-state index in [1.165, 1.54) is 5.56 Å². The third kappa shape index (κ3) is 2.57. The topological polar surface area (TPSA) is 35.3 Å². The summed E-state index contributed by atoms with van der Waals surface area (Å²) in [5.41, 5.74) is 4.88. The van der Waals surface area contributed by atoms with Gasteiger partial charge in [0.15, 0.2) is 5.58 Å².